The number of rotatable bonds is 2. The molecule has 0 heterocycles. The maximum atomic E-state index is 8.91. The van der Waals surface area contributed by atoms with Gasteiger partial charge in [-0.2, -0.15) is 0 Å². The van der Waals surface area contributed by atoms with Gasteiger partial charge in [0.15, 0.2) is 0 Å². The van der Waals surface area contributed by atoms with Crippen LogP contribution >= 0.6 is 0 Å². The second-order valence-electron chi connectivity index (χ2n) is 3.31. The molecule has 0 atom stereocenters. The van der Waals surface area contributed by atoms with Crippen LogP contribution in [0.15, 0.2) is 0 Å². The molecule has 0 spiro atoms. The fourth-order valence-corrected chi connectivity index (χ4v) is 0.300. The minimum atomic E-state index is -4.86. The first kappa shape index (κ1) is 14.5. The summed E-state index contributed by atoms with van der Waals surface area (Å²) in [6, 6.07) is 0. The molecule has 0 aliphatic heterocycles. The van der Waals surface area contributed by atoms with E-state index in [-0.39, 0.29) is 6.61 Å². The zero-order chi connectivity index (χ0) is 10.4. The van der Waals surface area contributed by atoms with E-state index >= 15 is 0 Å². The molecule has 0 aliphatic carbocycles. The van der Waals surface area contributed by atoms with Crippen LogP contribution in [0, 0.1) is 0 Å². The Morgan fingerprint density at radius 3 is 1.42 bits per heavy atom. The first-order chi connectivity index (χ1) is 5.06. The molecule has 0 aromatic heterocycles. The largest absolute Gasteiger partial charge is 0.794 e. The lowest BCUT2D eigenvalue weighted by atomic mass is 10.5. The van der Waals surface area contributed by atoms with E-state index < -0.39 is 9.05 Å². The first-order valence-electron chi connectivity index (χ1n) is 3.35. The van der Waals surface area contributed by atoms with Crippen molar-refractivity contribution in [3.63, 3.8) is 0 Å². The van der Waals surface area contributed by atoms with E-state index in [9.17, 15) is 0 Å². The van der Waals surface area contributed by atoms with E-state index in [0.717, 1.165) is 11.0 Å². The van der Waals surface area contributed by atoms with Crippen molar-refractivity contribution in [1.29, 1.82) is 0 Å². The van der Waals surface area contributed by atoms with Crippen LogP contribution in [0.5, 0.6) is 0 Å². The van der Waals surface area contributed by atoms with Gasteiger partial charge >= 0.3 is 9.05 Å². The average molecular weight is 199 g/mol. The Balaban J connectivity index is 0. The van der Waals surface area contributed by atoms with Crippen LogP contribution in [0.3, 0.4) is 0 Å². The SMILES string of the molecule is C[N+](C)(C)CCO.[O-][Si](O)(O)O. The summed E-state index contributed by atoms with van der Waals surface area (Å²) in [5, 5.41) is 8.39. The van der Waals surface area contributed by atoms with Gasteiger partial charge in [-0.1, -0.05) is 0 Å². The van der Waals surface area contributed by atoms with Gasteiger partial charge in [-0.05, 0) is 0 Å². The lowest BCUT2D eigenvalue weighted by Gasteiger charge is -2.21. The highest BCUT2D eigenvalue weighted by atomic mass is 28.4. The minimum absolute atomic E-state index is 0.281. The standard InChI is InChI=1S/C5H14NO.H3O4Si/c1-6(2,3)4-5-7;1-5(2,3)4/h7H,4-5H2,1-3H3;1-3H/q+1;-1. The molecule has 0 aromatic rings. The normalized spacial score (nSPS) is 12.0. The molecule has 0 unspecified atom stereocenters. The Morgan fingerprint density at radius 1 is 1.17 bits per heavy atom. The number of hydrogen-bond donors (Lipinski definition) is 4. The van der Waals surface area contributed by atoms with Crippen LogP contribution in [0.1, 0.15) is 0 Å². The highest BCUT2D eigenvalue weighted by molar-refractivity contribution is 6.44. The summed E-state index contributed by atoms with van der Waals surface area (Å²) in [5.41, 5.74) is 0. The highest BCUT2D eigenvalue weighted by Crippen LogP contribution is 1.84. The molecule has 4 N–H and O–H groups in total. The lowest BCUT2D eigenvalue weighted by molar-refractivity contribution is -0.870. The minimum Gasteiger partial charge on any atom is -0.794 e. The molecule has 0 aliphatic rings. The summed E-state index contributed by atoms with van der Waals surface area (Å²) < 4.78 is 0.844. The predicted molar refractivity (Wildman–Crippen MR) is 42.4 cm³/mol. The van der Waals surface area contributed by atoms with E-state index in [1.54, 1.807) is 0 Å². The number of aliphatic hydroxyl groups excluding tert-OH is 1. The third-order valence-electron chi connectivity index (χ3n) is 0.771. The van der Waals surface area contributed by atoms with Crippen molar-refractivity contribution in [2.75, 3.05) is 34.3 Å². The van der Waals surface area contributed by atoms with Gasteiger partial charge in [-0.15, -0.1) is 0 Å². The summed E-state index contributed by atoms with van der Waals surface area (Å²) in [6.07, 6.45) is 0. The molecule has 0 saturated carbocycles. The van der Waals surface area contributed by atoms with E-state index in [2.05, 4.69) is 21.1 Å². The number of aliphatic hydroxyl groups is 1. The topological polar surface area (TPSA) is 104 Å². The summed E-state index contributed by atoms with van der Waals surface area (Å²) in [4.78, 5) is 30.6. The van der Waals surface area contributed by atoms with Crippen molar-refractivity contribution in [2.24, 2.45) is 0 Å². The molecule has 12 heavy (non-hydrogen) atoms. The molecule has 6 nitrogen and oxygen atoms in total. The van der Waals surface area contributed by atoms with Crippen LogP contribution in [0.4, 0.5) is 0 Å². The fraction of sp³-hybridized carbons (Fsp3) is 1.00. The summed E-state index contributed by atoms with van der Waals surface area (Å²) in [6.45, 7) is 1.11. The van der Waals surface area contributed by atoms with Crippen LogP contribution in [-0.2, 0) is 0 Å². The Hall–Kier alpha value is -0.0231. The molecule has 0 bridgehead atoms. The quantitative estimate of drug-likeness (QED) is 0.272. The van der Waals surface area contributed by atoms with Gasteiger partial charge in [-0.25, -0.2) is 0 Å². The van der Waals surface area contributed by atoms with E-state index in [1.807, 2.05) is 0 Å². The zero-order valence-corrected chi connectivity index (χ0v) is 8.56. The summed E-state index contributed by atoms with van der Waals surface area (Å²) >= 11 is 0. The van der Waals surface area contributed by atoms with Crippen molar-refractivity contribution in [2.45, 2.75) is 0 Å². The maximum absolute atomic E-state index is 8.91. The van der Waals surface area contributed by atoms with Crippen molar-refractivity contribution in [3.05, 3.63) is 0 Å². The number of quaternary nitrogens is 1. The zero-order valence-electron chi connectivity index (χ0n) is 7.56. The summed E-state index contributed by atoms with van der Waals surface area (Å²) in [7, 11) is 1.29. The van der Waals surface area contributed by atoms with Gasteiger partial charge in [0.2, 0.25) is 0 Å². The van der Waals surface area contributed by atoms with Gasteiger partial charge in [0.25, 0.3) is 0 Å². The first-order valence-corrected chi connectivity index (χ1v) is 5.10. The molecular weight excluding hydrogens is 182 g/mol. The second-order valence-corrected chi connectivity index (χ2v) is 4.46. The Kier molecular flexibility index (Phi) is 6.76. The van der Waals surface area contributed by atoms with E-state index in [4.69, 9.17) is 24.3 Å². The number of hydrogen-bond acceptors (Lipinski definition) is 5. The average Bonchev–Trinajstić information content (AvgIpc) is 1.54. The second kappa shape index (κ2) is 5.59. The Morgan fingerprint density at radius 2 is 1.42 bits per heavy atom. The molecule has 76 valence electrons. The molecule has 7 heteroatoms. The van der Waals surface area contributed by atoms with Gasteiger partial charge < -0.3 is 28.8 Å². The van der Waals surface area contributed by atoms with Crippen molar-refractivity contribution in [1.82, 2.24) is 0 Å². The lowest BCUT2D eigenvalue weighted by Crippen LogP contribution is -2.50. The summed E-state index contributed by atoms with van der Waals surface area (Å²) in [5.74, 6) is 0. The predicted octanol–water partition coefficient (Wildman–Crippen LogP) is -3.56. The number of nitrogens with zero attached hydrogens (tertiary/aromatic N) is 1. The van der Waals surface area contributed by atoms with Crippen molar-refractivity contribution >= 4 is 9.05 Å². The molecule has 0 saturated heterocycles. The van der Waals surface area contributed by atoms with Gasteiger partial charge in [0, 0.05) is 0 Å². The fourth-order valence-electron chi connectivity index (χ4n) is 0.300. The Bertz CT molecular complexity index is 101. The van der Waals surface area contributed by atoms with Gasteiger partial charge in [0.1, 0.15) is 6.54 Å². The monoisotopic (exact) mass is 199 g/mol. The molecule has 0 rings (SSSR count). The molecule has 0 radical (unpaired) electrons. The number of likely N-dealkylation sites (N-methyl/N-ethyl adjacent to an activating group) is 1. The smallest absolute Gasteiger partial charge is 0.404 e. The van der Waals surface area contributed by atoms with Gasteiger partial charge in [0.05, 0.1) is 27.7 Å². The molecule has 0 amide bonds. The van der Waals surface area contributed by atoms with Crippen LogP contribution in [0.2, 0.25) is 0 Å². The maximum Gasteiger partial charge on any atom is 0.404 e. The van der Waals surface area contributed by atoms with Crippen molar-refractivity contribution in [3.8, 4) is 0 Å². The third kappa shape index (κ3) is 50.8. The van der Waals surface area contributed by atoms with E-state index in [1.165, 1.54) is 0 Å². The van der Waals surface area contributed by atoms with Crippen LogP contribution < -0.4 is 4.80 Å². The molecule has 0 aromatic carbocycles. The highest BCUT2D eigenvalue weighted by Gasteiger charge is 2.02. The van der Waals surface area contributed by atoms with E-state index in [0.29, 0.717) is 0 Å². The van der Waals surface area contributed by atoms with Crippen molar-refractivity contribution < 1.29 is 28.8 Å². The van der Waals surface area contributed by atoms with Gasteiger partial charge in [-0.3, -0.25) is 0 Å². The van der Waals surface area contributed by atoms with Crippen LogP contribution in [-0.4, -0.2) is 67.3 Å². The third-order valence-corrected chi connectivity index (χ3v) is 0.771. The Labute approximate surface area is 73.0 Å². The molecular formula is C5H17NO5Si. The van der Waals surface area contributed by atoms with Crippen LogP contribution in [0.25, 0.3) is 0 Å². The molecule has 0 fully saturated rings.